The molecule has 174 valence electrons. The molecule has 10 heteroatoms. The molecule has 0 saturated carbocycles. The second kappa shape index (κ2) is 9.13. The predicted molar refractivity (Wildman–Crippen MR) is 117 cm³/mol. The first-order chi connectivity index (χ1) is 15.1. The molecule has 1 aromatic rings. The second-order valence-corrected chi connectivity index (χ2v) is 10.9. The minimum absolute atomic E-state index is 0.0241. The van der Waals surface area contributed by atoms with Crippen LogP contribution >= 0.6 is 0 Å². The SMILES string of the molecule is C[C@@](C[C@H]1CC(C2(CCO)C=CC(c3ccccc3)=C(F)C2)=NO1)(C(=O)NO)S(C)(=O)=O. The van der Waals surface area contributed by atoms with Gasteiger partial charge in [-0.1, -0.05) is 47.6 Å². The van der Waals surface area contributed by atoms with Gasteiger partial charge in [-0.15, -0.1) is 0 Å². The van der Waals surface area contributed by atoms with Crippen LogP contribution in [0.2, 0.25) is 0 Å². The summed E-state index contributed by atoms with van der Waals surface area (Å²) in [5, 5.41) is 22.7. The molecule has 1 aromatic carbocycles. The summed E-state index contributed by atoms with van der Waals surface area (Å²) >= 11 is 0. The van der Waals surface area contributed by atoms with Crippen molar-refractivity contribution in [1.29, 1.82) is 0 Å². The summed E-state index contributed by atoms with van der Waals surface area (Å²) in [7, 11) is -3.90. The highest BCUT2D eigenvalue weighted by Gasteiger charge is 2.49. The van der Waals surface area contributed by atoms with Crippen LogP contribution in [0.4, 0.5) is 4.39 Å². The molecule has 1 aliphatic heterocycles. The molecule has 3 atom stereocenters. The summed E-state index contributed by atoms with van der Waals surface area (Å²) in [5.74, 6) is -1.42. The van der Waals surface area contributed by atoms with E-state index in [1.807, 2.05) is 30.3 Å². The lowest BCUT2D eigenvalue weighted by atomic mass is 9.71. The van der Waals surface area contributed by atoms with Crippen molar-refractivity contribution < 1.29 is 32.8 Å². The van der Waals surface area contributed by atoms with E-state index in [4.69, 9.17) is 10.0 Å². The van der Waals surface area contributed by atoms with E-state index in [9.17, 15) is 18.3 Å². The monoisotopic (exact) mass is 466 g/mol. The van der Waals surface area contributed by atoms with Gasteiger partial charge in [0.05, 0.1) is 5.71 Å². The zero-order valence-electron chi connectivity index (χ0n) is 17.9. The van der Waals surface area contributed by atoms with Crippen molar-refractivity contribution in [1.82, 2.24) is 5.48 Å². The molecule has 2 aliphatic rings. The van der Waals surface area contributed by atoms with Crippen molar-refractivity contribution in [2.45, 2.75) is 43.5 Å². The van der Waals surface area contributed by atoms with Gasteiger partial charge in [0.1, 0.15) is 11.9 Å². The van der Waals surface area contributed by atoms with Gasteiger partial charge in [0.25, 0.3) is 5.91 Å². The highest BCUT2D eigenvalue weighted by atomic mass is 32.2. The number of aliphatic hydroxyl groups is 1. The molecular weight excluding hydrogens is 439 g/mol. The number of hydrogen-bond donors (Lipinski definition) is 3. The van der Waals surface area contributed by atoms with Crippen LogP contribution in [-0.2, 0) is 19.5 Å². The topological polar surface area (TPSA) is 125 Å². The van der Waals surface area contributed by atoms with Gasteiger partial charge in [-0.3, -0.25) is 10.0 Å². The smallest absolute Gasteiger partial charge is 0.264 e. The first kappa shape index (κ1) is 24.1. The van der Waals surface area contributed by atoms with Gasteiger partial charge in [-0.05, 0) is 18.9 Å². The Morgan fingerprint density at radius 2 is 2.06 bits per heavy atom. The molecule has 1 unspecified atom stereocenters. The van der Waals surface area contributed by atoms with E-state index >= 15 is 4.39 Å². The molecule has 0 saturated heterocycles. The summed E-state index contributed by atoms with van der Waals surface area (Å²) in [5.41, 5.74) is 2.14. The third-order valence-electron chi connectivity index (χ3n) is 6.30. The van der Waals surface area contributed by atoms with Crippen LogP contribution in [0.25, 0.3) is 5.57 Å². The third kappa shape index (κ3) is 4.48. The molecule has 3 rings (SSSR count). The van der Waals surface area contributed by atoms with Crippen molar-refractivity contribution in [3.8, 4) is 0 Å². The Morgan fingerprint density at radius 3 is 2.62 bits per heavy atom. The first-order valence-electron chi connectivity index (χ1n) is 10.2. The molecule has 1 heterocycles. The number of halogens is 1. The maximum atomic E-state index is 15.2. The van der Waals surface area contributed by atoms with Crippen LogP contribution in [0.5, 0.6) is 0 Å². The highest BCUT2D eigenvalue weighted by Crippen LogP contribution is 2.45. The van der Waals surface area contributed by atoms with Crippen LogP contribution in [0.15, 0.2) is 53.5 Å². The quantitative estimate of drug-likeness (QED) is 0.399. The average Bonchev–Trinajstić information content (AvgIpc) is 3.22. The van der Waals surface area contributed by atoms with Crippen LogP contribution in [0.3, 0.4) is 0 Å². The lowest BCUT2D eigenvalue weighted by Crippen LogP contribution is -2.51. The standard InChI is InChI=1S/C22H27FN2O6S/c1-21(20(27)24-28,32(2,29)30)13-16-12-19(25-31-16)22(10-11-26)9-8-17(18(23)14-22)15-6-4-3-5-7-15/h3-9,16,26,28H,10-14H2,1-2H3,(H,24,27)/t16-,21-,22?/m1/s1. The highest BCUT2D eigenvalue weighted by molar-refractivity contribution is 7.92. The number of benzene rings is 1. The van der Waals surface area contributed by atoms with E-state index < -0.39 is 32.0 Å². The Bertz CT molecular complexity index is 1070. The zero-order valence-corrected chi connectivity index (χ0v) is 18.7. The maximum absolute atomic E-state index is 15.2. The van der Waals surface area contributed by atoms with Crippen LogP contribution in [0.1, 0.15) is 38.2 Å². The van der Waals surface area contributed by atoms with E-state index in [1.165, 1.54) is 12.4 Å². The fourth-order valence-corrected chi connectivity index (χ4v) is 5.02. The normalized spacial score (nSPS) is 25.2. The Hall–Kier alpha value is -2.56. The Kier molecular flexibility index (Phi) is 6.87. The molecular formula is C22H27FN2O6S. The molecule has 8 nitrogen and oxygen atoms in total. The van der Waals surface area contributed by atoms with E-state index in [-0.39, 0.29) is 38.1 Å². The minimum atomic E-state index is -3.90. The molecule has 32 heavy (non-hydrogen) atoms. The van der Waals surface area contributed by atoms with E-state index in [0.717, 1.165) is 11.8 Å². The van der Waals surface area contributed by atoms with Gasteiger partial charge in [-0.2, -0.15) is 0 Å². The fraction of sp³-hybridized carbons (Fsp3) is 0.455. The molecule has 0 spiro atoms. The molecule has 0 bridgehead atoms. The van der Waals surface area contributed by atoms with E-state index in [1.54, 1.807) is 12.2 Å². The summed E-state index contributed by atoms with van der Waals surface area (Å²) in [6.45, 7) is 0.990. The number of hydrogen-bond acceptors (Lipinski definition) is 7. The van der Waals surface area contributed by atoms with Gasteiger partial charge < -0.3 is 9.94 Å². The van der Waals surface area contributed by atoms with Gasteiger partial charge in [0, 0.05) is 43.1 Å². The number of aliphatic hydroxyl groups excluding tert-OH is 1. The Morgan fingerprint density at radius 1 is 1.38 bits per heavy atom. The lowest BCUT2D eigenvalue weighted by molar-refractivity contribution is -0.132. The number of sulfone groups is 1. The number of hydroxylamine groups is 1. The first-order valence-corrected chi connectivity index (χ1v) is 12.1. The molecule has 0 fully saturated rings. The Labute approximate surface area is 186 Å². The van der Waals surface area contributed by atoms with Crippen molar-refractivity contribution in [2.75, 3.05) is 12.9 Å². The number of oxime groups is 1. The summed E-state index contributed by atoms with van der Waals surface area (Å²) in [4.78, 5) is 17.5. The van der Waals surface area contributed by atoms with Gasteiger partial charge >= 0.3 is 0 Å². The number of carbonyl (C=O) groups is 1. The van der Waals surface area contributed by atoms with Gasteiger partial charge in [-0.25, -0.2) is 18.3 Å². The number of allylic oxidation sites excluding steroid dienone is 4. The average molecular weight is 467 g/mol. The molecule has 1 amide bonds. The van der Waals surface area contributed by atoms with E-state index in [0.29, 0.717) is 11.3 Å². The summed E-state index contributed by atoms with van der Waals surface area (Å²) in [6.07, 6.45) is 3.68. The maximum Gasteiger partial charge on any atom is 0.264 e. The predicted octanol–water partition coefficient (Wildman–Crippen LogP) is 2.54. The van der Waals surface area contributed by atoms with Gasteiger partial charge in [0.2, 0.25) is 0 Å². The molecule has 3 N–H and O–H groups in total. The number of amides is 1. The number of nitrogens with zero attached hydrogens (tertiary/aromatic N) is 1. The largest absolute Gasteiger partial charge is 0.396 e. The molecule has 0 aromatic heterocycles. The zero-order chi connectivity index (χ0) is 23.6. The minimum Gasteiger partial charge on any atom is -0.396 e. The number of nitrogens with one attached hydrogen (secondary N) is 1. The fourth-order valence-electron chi connectivity index (χ4n) is 4.15. The third-order valence-corrected chi connectivity index (χ3v) is 8.29. The summed E-state index contributed by atoms with van der Waals surface area (Å²) < 4.78 is 37.7. The molecule has 1 aliphatic carbocycles. The van der Waals surface area contributed by atoms with Crippen LogP contribution < -0.4 is 5.48 Å². The second-order valence-electron chi connectivity index (χ2n) is 8.44. The van der Waals surface area contributed by atoms with Crippen LogP contribution in [0, 0.1) is 5.41 Å². The van der Waals surface area contributed by atoms with Crippen molar-refractivity contribution in [3.63, 3.8) is 0 Å². The van der Waals surface area contributed by atoms with Crippen molar-refractivity contribution >= 4 is 27.0 Å². The van der Waals surface area contributed by atoms with E-state index in [2.05, 4.69) is 5.16 Å². The van der Waals surface area contributed by atoms with Crippen LogP contribution in [-0.4, -0.2) is 54.1 Å². The van der Waals surface area contributed by atoms with Crippen molar-refractivity contribution in [3.05, 3.63) is 53.9 Å². The summed E-state index contributed by atoms with van der Waals surface area (Å²) in [6, 6.07) is 9.10. The number of rotatable bonds is 8. The van der Waals surface area contributed by atoms with Gasteiger partial charge in [0.15, 0.2) is 14.6 Å². The molecule has 0 radical (unpaired) electrons. The lowest BCUT2D eigenvalue weighted by Gasteiger charge is -2.33. The Balaban J connectivity index is 1.82. The van der Waals surface area contributed by atoms with Crippen molar-refractivity contribution in [2.24, 2.45) is 10.6 Å². The number of carbonyl (C=O) groups excluding carboxylic acids is 1.